The third-order valence-electron chi connectivity index (χ3n) is 5.01. The molecule has 9 nitrogen and oxygen atoms in total. The van der Waals surface area contributed by atoms with E-state index in [-0.39, 0.29) is 16.7 Å². The van der Waals surface area contributed by atoms with Crippen molar-refractivity contribution in [2.75, 3.05) is 50.6 Å². The molecule has 1 unspecified atom stereocenters. The van der Waals surface area contributed by atoms with Gasteiger partial charge in [0, 0.05) is 45.3 Å². The smallest absolute Gasteiger partial charge is 0.292 e. The van der Waals surface area contributed by atoms with Gasteiger partial charge in [-0.15, -0.1) is 0 Å². The second-order valence-corrected chi connectivity index (χ2v) is 6.95. The Balaban J connectivity index is 1.46. The minimum atomic E-state index is -0.385. The lowest BCUT2D eigenvalue weighted by molar-refractivity contribution is -0.384. The van der Waals surface area contributed by atoms with Crippen LogP contribution in [0.2, 0.25) is 0 Å². The van der Waals surface area contributed by atoms with Crippen LogP contribution >= 0.6 is 0 Å². The Morgan fingerprint density at radius 3 is 2.77 bits per heavy atom. The predicted octanol–water partition coefficient (Wildman–Crippen LogP) is 2.46. The number of ether oxygens (including phenoxy) is 1. The number of rotatable bonds is 8. The van der Waals surface area contributed by atoms with Crippen LogP contribution in [0.15, 0.2) is 53.5 Å². The van der Waals surface area contributed by atoms with E-state index in [1.807, 2.05) is 18.2 Å². The maximum Gasteiger partial charge on any atom is 0.292 e. The molecular formula is C21H28N6O3. The van der Waals surface area contributed by atoms with Crippen molar-refractivity contribution in [2.24, 2.45) is 4.99 Å². The minimum Gasteiger partial charge on any atom is -0.495 e. The second kappa shape index (κ2) is 10.3. The van der Waals surface area contributed by atoms with Gasteiger partial charge in [-0.25, -0.2) is 0 Å². The SMILES string of the molecule is CN=C(NCCNc1ccccc1[N+](=O)[O-])NC1CCN(c2ccccc2OC)C1. The number of anilines is 2. The molecule has 1 saturated heterocycles. The first-order valence-electron chi connectivity index (χ1n) is 9.94. The number of hydrogen-bond donors (Lipinski definition) is 3. The number of nitrogens with zero attached hydrogens (tertiary/aromatic N) is 3. The number of methoxy groups -OCH3 is 1. The summed E-state index contributed by atoms with van der Waals surface area (Å²) in [6.45, 7) is 2.90. The van der Waals surface area contributed by atoms with Gasteiger partial charge in [-0.3, -0.25) is 15.1 Å². The number of hydrogen-bond acceptors (Lipinski definition) is 6. The lowest BCUT2D eigenvalue weighted by Crippen LogP contribution is -2.45. The minimum absolute atomic E-state index is 0.0717. The van der Waals surface area contributed by atoms with Crippen LogP contribution in [0.4, 0.5) is 17.1 Å². The summed E-state index contributed by atoms with van der Waals surface area (Å²) < 4.78 is 5.47. The molecular weight excluding hydrogens is 384 g/mol. The van der Waals surface area contributed by atoms with Gasteiger partial charge in [0.25, 0.3) is 5.69 Å². The fourth-order valence-electron chi connectivity index (χ4n) is 3.54. The summed E-state index contributed by atoms with van der Waals surface area (Å²) in [4.78, 5) is 17.3. The largest absolute Gasteiger partial charge is 0.495 e. The van der Waals surface area contributed by atoms with Crippen LogP contribution in [0.1, 0.15) is 6.42 Å². The number of benzene rings is 2. The first-order chi connectivity index (χ1) is 14.6. The van der Waals surface area contributed by atoms with Crippen molar-refractivity contribution in [3.63, 3.8) is 0 Å². The molecule has 3 rings (SSSR count). The maximum atomic E-state index is 11.1. The molecule has 3 N–H and O–H groups in total. The van der Waals surface area contributed by atoms with E-state index in [9.17, 15) is 10.1 Å². The van der Waals surface area contributed by atoms with Gasteiger partial charge in [-0.2, -0.15) is 0 Å². The Morgan fingerprint density at radius 1 is 1.23 bits per heavy atom. The van der Waals surface area contributed by atoms with Gasteiger partial charge < -0.3 is 25.6 Å². The molecule has 1 atom stereocenters. The summed E-state index contributed by atoms with van der Waals surface area (Å²) in [5.41, 5.74) is 1.68. The summed E-state index contributed by atoms with van der Waals surface area (Å²) in [6, 6.07) is 14.9. The number of nitrogens with one attached hydrogen (secondary N) is 3. The monoisotopic (exact) mass is 412 g/mol. The van der Waals surface area contributed by atoms with Crippen molar-refractivity contribution in [1.29, 1.82) is 0 Å². The van der Waals surface area contributed by atoms with Gasteiger partial charge in [-0.05, 0) is 24.6 Å². The Kier molecular flexibility index (Phi) is 7.31. The quantitative estimate of drug-likeness (QED) is 0.201. The molecule has 0 bridgehead atoms. The van der Waals surface area contributed by atoms with Crippen LogP contribution < -0.4 is 25.6 Å². The van der Waals surface area contributed by atoms with Gasteiger partial charge >= 0.3 is 0 Å². The molecule has 0 saturated carbocycles. The zero-order valence-electron chi connectivity index (χ0n) is 17.3. The van der Waals surface area contributed by atoms with E-state index < -0.39 is 0 Å². The zero-order valence-corrected chi connectivity index (χ0v) is 17.3. The number of aliphatic imine (C=N–C) groups is 1. The third kappa shape index (κ3) is 5.31. The van der Waals surface area contributed by atoms with E-state index in [4.69, 9.17) is 4.74 Å². The average molecular weight is 412 g/mol. The molecule has 2 aromatic rings. The average Bonchev–Trinajstić information content (AvgIpc) is 3.24. The summed E-state index contributed by atoms with van der Waals surface area (Å²) in [5.74, 6) is 1.59. The standard InChI is InChI=1S/C21H28N6O3/c1-22-21(24-13-12-23-17-7-3-4-8-18(17)27(28)29)25-16-11-14-26(15-16)19-9-5-6-10-20(19)30-2/h3-10,16,23H,11-15H2,1-2H3,(H2,22,24,25). The van der Waals surface area contributed by atoms with Crippen LogP contribution in [0, 0.1) is 10.1 Å². The first-order valence-corrected chi connectivity index (χ1v) is 9.94. The second-order valence-electron chi connectivity index (χ2n) is 6.95. The Bertz CT molecular complexity index is 889. The van der Waals surface area contributed by atoms with Crippen molar-refractivity contribution >= 4 is 23.0 Å². The predicted molar refractivity (Wildman–Crippen MR) is 120 cm³/mol. The maximum absolute atomic E-state index is 11.1. The van der Waals surface area contributed by atoms with Gasteiger partial charge in [0.2, 0.25) is 0 Å². The third-order valence-corrected chi connectivity index (χ3v) is 5.01. The molecule has 0 aromatic heterocycles. The van der Waals surface area contributed by atoms with Gasteiger partial charge in [0.1, 0.15) is 11.4 Å². The Morgan fingerprint density at radius 2 is 2.00 bits per heavy atom. The molecule has 1 aliphatic heterocycles. The fraction of sp³-hybridized carbons (Fsp3) is 0.381. The van der Waals surface area contributed by atoms with Crippen molar-refractivity contribution in [1.82, 2.24) is 10.6 Å². The summed E-state index contributed by atoms with van der Waals surface area (Å²) in [5, 5.41) is 20.9. The number of para-hydroxylation sites is 4. The van der Waals surface area contributed by atoms with Crippen LogP contribution in [-0.2, 0) is 0 Å². The highest BCUT2D eigenvalue weighted by Gasteiger charge is 2.25. The highest BCUT2D eigenvalue weighted by atomic mass is 16.6. The Labute approximate surface area is 176 Å². The van der Waals surface area contributed by atoms with Crippen molar-refractivity contribution in [3.8, 4) is 5.75 Å². The molecule has 9 heteroatoms. The normalized spacial score (nSPS) is 16.3. The lowest BCUT2D eigenvalue weighted by atomic mass is 10.2. The first kappa shape index (κ1) is 21.2. The molecule has 1 fully saturated rings. The van der Waals surface area contributed by atoms with E-state index in [0.717, 1.165) is 30.9 Å². The summed E-state index contributed by atoms with van der Waals surface area (Å²) in [6.07, 6.45) is 0.993. The van der Waals surface area contributed by atoms with Gasteiger partial charge in [0.15, 0.2) is 5.96 Å². The van der Waals surface area contributed by atoms with E-state index in [1.165, 1.54) is 6.07 Å². The summed E-state index contributed by atoms with van der Waals surface area (Å²) in [7, 11) is 3.42. The van der Waals surface area contributed by atoms with Crippen molar-refractivity contribution in [3.05, 3.63) is 58.6 Å². The number of guanidine groups is 1. The molecule has 0 amide bonds. The summed E-state index contributed by atoms with van der Waals surface area (Å²) >= 11 is 0. The van der Waals surface area contributed by atoms with E-state index in [2.05, 4.69) is 31.9 Å². The molecule has 0 aliphatic carbocycles. The van der Waals surface area contributed by atoms with E-state index >= 15 is 0 Å². The van der Waals surface area contributed by atoms with Crippen molar-refractivity contribution in [2.45, 2.75) is 12.5 Å². The molecule has 0 spiro atoms. The number of nitro benzene ring substituents is 1. The Hall–Kier alpha value is -3.49. The highest BCUT2D eigenvalue weighted by molar-refractivity contribution is 5.80. The highest BCUT2D eigenvalue weighted by Crippen LogP contribution is 2.30. The van der Waals surface area contributed by atoms with Crippen LogP contribution in [0.5, 0.6) is 5.75 Å². The van der Waals surface area contributed by atoms with E-state index in [1.54, 1.807) is 32.4 Å². The molecule has 0 radical (unpaired) electrons. The molecule has 30 heavy (non-hydrogen) atoms. The molecule has 1 heterocycles. The lowest BCUT2D eigenvalue weighted by Gasteiger charge is -2.22. The van der Waals surface area contributed by atoms with Crippen LogP contribution in [0.3, 0.4) is 0 Å². The van der Waals surface area contributed by atoms with Crippen LogP contribution in [0.25, 0.3) is 0 Å². The molecule has 2 aromatic carbocycles. The van der Waals surface area contributed by atoms with Crippen LogP contribution in [-0.4, -0.2) is 57.3 Å². The molecule has 1 aliphatic rings. The van der Waals surface area contributed by atoms with Gasteiger partial charge in [0.05, 0.1) is 17.7 Å². The topological polar surface area (TPSA) is 104 Å². The van der Waals surface area contributed by atoms with Gasteiger partial charge in [-0.1, -0.05) is 24.3 Å². The zero-order chi connectivity index (χ0) is 21.3. The molecule has 160 valence electrons. The van der Waals surface area contributed by atoms with E-state index in [0.29, 0.717) is 24.7 Å². The van der Waals surface area contributed by atoms with Crippen molar-refractivity contribution < 1.29 is 9.66 Å². The number of nitro groups is 1. The fourth-order valence-corrected chi connectivity index (χ4v) is 3.54.